The molecule has 16 heavy (non-hydrogen) atoms. The predicted octanol–water partition coefficient (Wildman–Crippen LogP) is 4.06. The molecule has 0 aromatic carbocycles. The first-order valence-electron chi connectivity index (χ1n) is 6.14. The summed E-state index contributed by atoms with van der Waals surface area (Å²) < 4.78 is 2.92. The minimum absolute atomic E-state index is 0.410. The average molecular weight is 241 g/mol. The Balaban J connectivity index is 2.93. The van der Waals surface area contributed by atoms with Gasteiger partial charge in [0.15, 0.2) is 4.77 Å². The summed E-state index contributed by atoms with van der Waals surface area (Å²) in [5.41, 5.74) is 0. The van der Waals surface area contributed by atoms with Crippen LogP contribution in [0.15, 0.2) is 0 Å². The number of rotatable bonds is 5. The highest BCUT2D eigenvalue weighted by Gasteiger charge is 2.16. The van der Waals surface area contributed by atoms with Gasteiger partial charge in [-0.2, -0.15) is 5.10 Å². The van der Waals surface area contributed by atoms with E-state index in [1.54, 1.807) is 0 Å². The summed E-state index contributed by atoms with van der Waals surface area (Å²) in [6.45, 7) is 11.0. The zero-order valence-corrected chi connectivity index (χ0v) is 11.8. The van der Waals surface area contributed by atoms with E-state index in [0.29, 0.717) is 12.0 Å². The summed E-state index contributed by atoms with van der Waals surface area (Å²) in [4.78, 5) is 0. The number of H-pyrrole nitrogens is 1. The Bertz CT molecular complexity index is 378. The molecular weight excluding hydrogens is 218 g/mol. The van der Waals surface area contributed by atoms with Crippen LogP contribution in [0, 0.1) is 10.7 Å². The third-order valence-electron chi connectivity index (χ3n) is 3.13. The highest BCUT2D eigenvalue weighted by Crippen LogP contribution is 2.23. The fourth-order valence-electron chi connectivity index (χ4n) is 2.00. The zero-order chi connectivity index (χ0) is 12.3. The van der Waals surface area contributed by atoms with E-state index in [-0.39, 0.29) is 0 Å². The summed E-state index contributed by atoms with van der Waals surface area (Å²) in [5, 5.41) is 7.22. The van der Waals surface area contributed by atoms with Crippen molar-refractivity contribution in [2.45, 2.75) is 59.4 Å². The summed E-state index contributed by atoms with van der Waals surface area (Å²) in [5.74, 6) is 2.21. The van der Waals surface area contributed by atoms with Crippen LogP contribution in [0.3, 0.4) is 0 Å². The topological polar surface area (TPSA) is 33.6 Å². The van der Waals surface area contributed by atoms with Gasteiger partial charge in [-0.25, -0.2) is 0 Å². The fourth-order valence-corrected chi connectivity index (χ4v) is 2.32. The van der Waals surface area contributed by atoms with Gasteiger partial charge in [0.2, 0.25) is 0 Å². The van der Waals surface area contributed by atoms with Gasteiger partial charge in [-0.3, -0.25) is 5.10 Å². The lowest BCUT2D eigenvalue weighted by Crippen LogP contribution is -2.13. The smallest absolute Gasteiger partial charge is 0.195 e. The van der Waals surface area contributed by atoms with E-state index in [9.17, 15) is 0 Å². The molecule has 3 nitrogen and oxygen atoms in total. The van der Waals surface area contributed by atoms with Crippen molar-refractivity contribution in [3.63, 3.8) is 0 Å². The second-order valence-corrected chi connectivity index (χ2v) is 5.40. The zero-order valence-electron chi connectivity index (χ0n) is 10.9. The quantitative estimate of drug-likeness (QED) is 0.789. The Morgan fingerprint density at radius 2 is 1.94 bits per heavy atom. The predicted molar refractivity (Wildman–Crippen MR) is 70.3 cm³/mol. The van der Waals surface area contributed by atoms with Gasteiger partial charge in [-0.15, -0.1) is 0 Å². The number of nitrogens with one attached hydrogen (secondary N) is 1. The van der Waals surface area contributed by atoms with Crippen molar-refractivity contribution in [3.05, 3.63) is 10.6 Å². The molecule has 2 unspecified atom stereocenters. The van der Waals surface area contributed by atoms with Gasteiger partial charge in [-0.05, 0) is 31.5 Å². The maximum Gasteiger partial charge on any atom is 0.195 e. The molecule has 0 bridgehead atoms. The normalized spacial score (nSPS) is 15.4. The molecule has 0 aliphatic rings. The number of hydrogen-bond donors (Lipinski definition) is 1. The molecule has 1 aromatic rings. The Hall–Kier alpha value is -0.640. The number of aromatic amines is 1. The highest BCUT2D eigenvalue weighted by molar-refractivity contribution is 7.71. The molecule has 0 saturated carbocycles. The van der Waals surface area contributed by atoms with Crippen LogP contribution < -0.4 is 0 Å². The molecule has 0 fully saturated rings. The van der Waals surface area contributed by atoms with Crippen LogP contribution in [0.1, 0.15) is 65.2 Å². The van der Waals surface area contributed by atoms with Gasteiger partial charge in [0.05, 0.1) is 0 Å². The summed E-state index contributed by atoms with van der Waals surface area (Å²) in [7, 11) is 0. The van der Waals surface area contributed by atoms with Crippen LogP contribution in [0.4, 0.5) is 0 Å². The van der Waals surface area contributed by atoms with E-state index in [1.165, 1.54) is 6.42 Å². The van der Waals surface area contributed by atoms with Crippen molar-refractivity contribution in [3.8, 4) is 0 Å². The minimum Gasteiger partial charge on any atom is -0.301 e. The fraction of sp³-hybridized carbons (Fsp3) is 0.833. The molecule has 0 spiro atoms. The average Bonchev–Trinajstić information content (AvgIpc) is 2.59. The van der Waals surface area contributed by atoms with E-state index in [0.717, 1.165) is 22.9 Å². The standard InChI is InChI=1S/C12H23N3S/c1-6-9(4)7-10(5)15-11(8(2)3)13-14-12(15)16/h8-10H,6-7H2,1-5H3,(H,14,16). The van der Waals surface area contributed by atoms with Crippen LogP contribution in [0.5, 0.6) is 0 Å². The van der Waals surface area contributed by atoms with E-state index in [2.05, 4.69) is 49.4 Å². The van der Waals surface area contributed by atoms with E-state index in [1.807, 2.05) is 0 Å². The van der Waals surface area contributed by atoms with Crippen LogP contribution in [-0.4, -0.2) is 14.8 Å². The molecule has 1 aromatic heterocycles. The van der Waals surface area contributed by atoms with Crippen LogP contribution in [-0.2, 0) is 0 Å². The summed E-state index contributed by atoms with van der Waals surface area (Å²) in [6.07, 6.45) is 2.37. The Morgan fingerprint density at radius 1 is 1.31 bits per heavy atom. The molecule has 1 heterocycles. The lowest BCUT2D eigenvalue weighted by Gasteiger charge is -2.20. The van der Waals surface area contributed by atoms with E-state index in [4.69, 9.17) is 12.2 Å². The minimum atomic E-state index is 0.410. The number of hydrogen-bond acceptors (Lipinski definition) is 2. The molecule has 1 N–H and O–H groups in total. The van der Waals surface area contributed by atoms with Crippen LogP contribution in [0.2, 0.25) is 0 Å². The number of aromatic nitrogens is 3. The van der Waals surface area contributed by atoms with Gasteiger partial charge < -0.3 is 4.57 Å². The molecule has 0 saturated heterocycles. The summed E-state index contributed by atoms with van der Waals surface area (Å²) in [6, 6.07) is 0.429. The van der Waals surface area contributed by atoms with Crippen molar-refractivity contribution in [2.24, 2.45) is 5.92 Å². The third-order valence-corrected chi connectivity index (χ3v) is 3.42. The first-order chi connectivity index (χ1) is 7.47. The molecule has 0 radical (unpaired) electrons. The monoisotopic (exact) mass is 241 g/mol. The Labute approximate surface area is 103 Å². The molecule has 0 aliphatic heterocycles. The molecule has 92 valence electrons. The third kappa shape index (κ3) is 2.94. The van der Waals surface area contributed by atoms with Gasteiger partial charge in [0.25, 0.3) is 0 Å². The first kappa shape index (κ1) is 13.4. The van der Waals surface area contributed by atoms with Crippen molar-refractivity contribution < 1.29 is 0 Å². The maximum absolute atomic E-state index is 5.30. The van der Waals surface area contributed by atoms with Gasteiger partial charge in [0, 0.05) is 12.0 Å². The Kier molecular flexibility index (Phi) is 4.71. The lowest BCUT2D eigenvalue weighted by atomic mass is 10.00. The lowest BCUT2D eigenvalue weighted by molar-refractivity contribution is 0.384. The van der Waals surface area contributed by atoms with Crippen molar-refractivity contribution in [2.75, 3.05) is 0 Å². The molecule has 4 heteroatoms. The van der Waals surface area contributed by atoms with Crippen molar-refractivity contribution >= 4 is 12.2 Å². The molecule has 1 rings (SSSR count). The first-order valence-corrected chi connectivity index (χ1v) is 6.54. The van der Waals surface area contributed by atoms with Gasteiger partial charge in [-0.1, -0.05) is 34.1 Å². The SMILES string of the molecule is CCC(C)CC(C)n1c(C(C)C)n[nH]c1=S. The largest absolute Gasteiger partial charge is 0.301 e. The molecule has 0 amide bonds. The van der Waals surface area contributed by atoms with Crippen molar-refractivity contribution in [1.82, 2.24) is 14.8 Å². The van der Waals surface area contributed by atoms with Gasteiger partial charge in [0.1, 0.15) is 5.82 Å². The van der Waals surface area contributed by atoms with Gasteiger partial charge >= 0.3 is 0 Å². The second kappa shape index (κ2) is 5.62. The van der Waals surface area contributed by atoms with E-state index >= 15 is 0 Å². The summed E-state index contributed by atoms with van der Waals surface area (Å²) >= 11 is 5.30. The Morgan fingerprint density at radius 3 is 2.44 bits per heavy atom. The number of nitrogens with zero attached hydrogens (tertiary/aromatic N) is 2. The van der Waals surface area contributed by atoms with Crippen molar-refractivity contribution in [1.29, 1.82) is 0 Å². The van der Waals surface area contributed by atoms with E-state index < -0.39 is 0 Å². The van der Waals surface area contributed by atoms with Crippen LogP contribution in [0.25, 0.3) is 0 Å². The molecular formula is C12H23N3S. The van der Waals surface area contributed by atoms with Crippen LogP contribution >= 0.6 is 12.2 Å². The highest BCUT2D eigenvalue weighted by atomic mass is 32.1. The maximum atomic E-state index is 5.30. The molecule has 2 atom stereocenters. The second-order valence-electron chi connectivity index (χ2n) is 5.01. The molecule has 0 aliphatic carbocycles.